The molecule has 1 amide bonds. The highest BCUT2D eigenvalue weighted by atomic mass is 16.5. The molecule has 0 spiro atoms. The molecule has 2 aromatic heterocycles. The van der Waals surface area contributed by atoms with Gasteiger partial charge in [-0.05, 0) is 36.1 Å². The molecule has 8 nitrogen and oxygen atoms in total. The lowest BCUT2D eigenvalue weighted by Gasteiger charge is -2.33. The number of carbonyl (C=O) groups excluding carboxylic acids is 1. The van der Waals surface area contributed by atoms with E-state index in [0.29, 0.717) is 54.8 Å². The Morgan fingerprint density at radius 3 is 2.69 bits per heavy atom. The van der Waals surface area contributed by atoms with Crippen LogP contribution in [0.1, 0.15) is 48.2 Å². The summed E-state index contributed by atoms with van der Waals surface area (Å²) in [6, 6.07) is 15.5. The third-order valence-corrected chi connectivity index (χ3v) is 6.50. The van der Waals surface area contributed by atoms with Crippen molar-refractivity contribution in [2.75, 3.05) is 19.8 Å². The zero-order valence-corrected chi connectivity index (χ0v) is 20.2. The first kappa shape index (κ1) is 23.0. The van der Waals surface area contributed by atoms with E-state index in [1.165, 1.54) is 0 Å². The van der Waals surface area contributed by atoms with Crippen molar-refractivity contribution in [2.24, 2.45) is 0 Å². The third kappa shape index (κ3) is 4.49. The minimum atomic E-state index is -0.245. The minimum absolute atomic E-state index is 0.00203. The van der Waals surface area contributed by atoms with Gasteiger partial charge in [-0.15, -0.1) is 0 Å². The lowest BCUT2D eigenvalue weighted by Crippen LogP contribution is -2.47. The van der Waals surface area contributed by atoms with Crippen LogP contribution < -0.4 is 5.69 Å². The van der Waals surface area contributed by atoms with Crippen LogP contribution in [0.3, 0.4) is 0 Å². The van der Waals surface area contributed by atoms with Crippen LogP contribution in [-0.4, -0.2) is 56.1 Å². The quantitative estimate of drug-likeness (QED) is 0.478. The highest BCUT2D eigenvalue weighted by Crippen LogP contribution is 2.27. The Morgan fingerprint density at radius 2 is 1.94 bits per heavy atom. The van der Waals surface area contributed by atoms with Gasteiger partial charge in [0.15, 0.2) is 11.5 Å². The first-order valence-electron chi connectivity index (χ1n) is 11.9. The topological polar surface area (TPSA) is 93.1 Å². The fraction of sp³-hybridized carbons (Fsp3) is 0.333. The van der Waals surface area contributed by atoms with Crippen LogP contribution in [0, 0.1) is 0 Å². The predicted molar refractivity (Wildman–Crippen MR) is 135 cm³/mol. The summed E-state index contributed by atoms with van der Waals surface area (Å²) in [5.41, 5.74) is 4.56. The maximum Gasteiger partial charge on any atom is 0.328 e. The number of carbonyl (C=O) groups is 1. The molecular weight excluding hydrogens is 442 g/mol. The van der Waals surface area contributed by atoms with Gasteiger partial charge in [-0.3, -0.25) is 9.36 Å². The second-order valence-electron chi connectivity index (χ2n) is 9.31. The van der Waals surface area contributed by atoms with Gasteiger partial charge in [0.1, 0.15) is 5.52 Å². The molecule has 1 saturated heterocycles. The predicted octanol–water partition coefficient (Wildman–Crippen LogP) is 3.82. The van der Waals surface area contributed by atoms with Gasteiger partial charge >= 0.3 is 5.69 Å². The molecule has 1 N–H and O–H groups in total. The standard InChI is InChI=1S/C27H29N5O3/c1-17(2)21-6-4-5-7-22(21)24-28-14-23-25(30-24)32(27(34)29-23)15-19-8-10-20(11-9-19)26(33)31-12-13-35-16-18(31)3/h4-11,14,17-18H,12-13,15-16H2,1-3H3,(H,29,34)/t18-/m1/s1. The summed E-state index contributed by atoms with van der Waals surface area (Å²) in [6.45, 7) is 8.31. The van der Waals surface area contributed by atoms with Crippen molar-refractivity contribution in [1.29, 1.82) is 0 Å². The summed E-state index contributed by atoms with van der Waals surface area (Å²) in [4.78, 5) is 39.6. The Kier molecular flexibility index (Phi) is 6.21. The summed E-state index contributed by atoms with van der Waals surface area (Å²) in [6.07, 6.45) is 1.66. The summed E-state index contributed by atoms with van der Waals surface area (Å²) in [7, 11) is 0. The van der Waals surface area contributed by atoms with Gasteiger partial charge in [0.25, 0.3) is 5.91 Å². The summed E-state index contributed by atoms with van der Waals surface area (Å²) in [5, 5.41) is 0. The molecule has 1 atom stereocenters. The maximum atomic E-state index is 12.9. The highest BCUT2D eigenvalue weighted by molar-refractivity contribution is 5.94. The molecule has 35 heavy (non-hydrogen) atoms. The van der Waals surface area contributed by atoms with Crippen LogP contribution in [0.4, 0.5) is 0 Å². The van der Waals surface area contributed by atoms with Crippen molar-refractivity contribution in [3.8, 4) is 11.4 Å². The summed E-state index contributed by atoms with van der Waals surface area (Å²) in [5.74, 6) is 0.911. The van der Waals surface area contributed by atoms with Crippen molar-refractivity contribution in [3.63, 3.8) is 0 Å². The van der Waals surface area contributed by atoms with E-state index in [4.69, 9.17) is 9.72 Å². The highest BCUT2D eigenvalue weighted by Gasteiger charge is 2.24. The van der Waals surface area contributed by atoms with Crippen LogP contribution in [0.25, 0.3) is 22.6 Å². The zero-order chi connectivity index (χ0) is 24.5. The van der Waals surface area contributed by atoms with Crippen LogP contribution >= 0.6 is 0 Å². The van der Waals surface area contributed by atoms with E-state index in [-0.39, 0.29) is 17.6 Å². The molecule has 0 saturated carbocycles. The minimum Gasteiger partial charge on any atom is -0.377 e. The van der Waals surface area contributed by atoms with Crippen LogP contribution in [0.2, 0.25) is 0 Å². The fourth-order valence-electron chi connectivity index (χ4n) is 4.56. The number of benzene rings is 2. The number of imidazole rings is 1. The molecule has 2 aromatic carbocycles. The number of fused-ring (bicyclic) bond motifs is 1. The molecule has 0 unspecified atom stereocenters. The number of nitrogens with one attached hydrogen (secondary N) is 1. The van der Waals surface area contributed by atoms with Gasteiger partial charge in [-0.25, -0.2) is 14.8 Å². The van der Waals surface area contributed by atoms with Gasteiger partial charge in [-0.1, -0.05) is 50.2 Å². The maximum absolute atomic E-state index is 12.9. The fourth-order valence-corrected chi connectivity index (χ4v) is 4.56. The second-order valence-corrected chi connectivity index (χ2v) is 9.31. The molecule has 8 heteroatoms. The van der Waals surface area contributed by atoms with Gasteiger partial charge in [0.2, 0.25) is 0 Å². The van der Waals surface area contributed by atoms with E-state index in [1.807, 2.05) is 54.3 Å². The largest absolute Gasteiger partial charge is 0.377 e. The van der Waals surface area contributed by atoms with Crippen LogP contribution in [0.15, 0.2) is 59.5 Å². The van der Waals surface area contributed by atoms with Crippen LogP contribution in [0.5, 0.6) is 0 Å². The molecular formula is C27H29N5O3. The van der Waals surface area contributed by atoms with Gasteiger partial charge in [-0.2, -0.15) is 0 Å². The SMILES string of the molecule is CC(C)c1ccccc1-c1ncc2[nH]c(=O)n(Cc3ccc(C(=O)N4CCOC[C@H]4C)cc3)c2n1. The molecule has 180 valence electrons. The van der Waals surface area contributed by atoms with Gasteiger partial charge in [0.05, 0.1) is 32.0 Å². The molecule has 1 fully saturated rings. The zero-order valence-electron chi connectivity index (χ0n) is 20.2. The molecule has 5 rings (SSSR count). The van der Waals surface area contributed by atoms with Crippen molar-refractivity contribution in [2.45, 2.75) is 39.3 Å². The lowest BCUT2D eigenvalue weighted by molar-refractivity contribution is 0.00359. The number of hydrogen-bond donors (Lipinski definition) is 1. The van der Waals surface area contributed by atoms with E-state index in [2.05, 4.69) is 29.9 Å². The van der Waals surface area contributed by atoms with Crippen LogP contribution in [-0.2, 0) is 11.3 Å². The van der Waals surface area contributed by atoms with Crippen molar-refractivity contribution in [1.82, 2.24) is 24.4 Å². The summed E-state index contributed by atoms with van der Waals surface area (Å²) >= 11 is 0. The number of ether oxygens (including phenoxy) is 1. The van der Waals surface area contributed by atoms with E-state index < -0.39 is 0 Å². The number of morpholine rings is 1. The van der Waals surface area contributed by atoms with E-state index >= 15 is 0 Å². The number of rotatable bonds is 5. The Labute approximate surface area is 203 Å². The second kappa shape index (κ2) is 9.46. The normalized spacial score (nSPS) is 16.2. The first-order valence-corrected chi connectivity index (χ1v) is 11.9. The molecule has 1 aliphatic rings. The Balaban J connectivity index is 1.44. The van der Waals surface area contributed by atoms with E-state index in [0.717, 1.165) is 16.7 Å². The first-order chi connectivity index (χ1) is 16.9. The van der Waals surface area contributed by atoms with E-state index in [1.54, 1.807) is 10.8 Å². The Bertz CT molecular complexity index is 1420. The Morgan fingerprint density at radius 1 is 1.17 bits per heavy atom. The number of H-pyrrole nitrogens is 1. The van der Waals surface area contributed by atoms with Crippen molar-refractivity contribution in [3.05, 3.63) is 81.9 Å². The monoisotopic (exact) mass is 471 g/mol. The third-order valence-electron chi connectivity index (χ3n) is 6.50. The number of aromatic nitrogens is 4. The van der Waals surface area contributed by atoms with Crippen molar-refractivity contribution >= 4 is 17.1 Å². The summed E-state index contributed by atoms with van der Waals surface area (Å²) < 4.78 is 7.05. The van der Waals surface area contributed by atoms with Gasteiger partial charge < -0.3 is 14.6 Å². The molecule has 3 heterocycles. The van der Waals surface area contributed by atoms with Gasteiger partial charge in [0, 0.05) is 17.7 Å². The number of aromatic amines is 1. The smallest absolute Gasteiger partial charge is 0.328 e. The number of nitrogens with zero attached hydrogens (tertiary/aromatic N) is 4. The lowest BCUT2D eigenvalue weighted by atomic mass is 9.97. The van der Waals surface area contributed by atoms with Crippen molar-refractivity contribution < 1.29 is 9.53 Å². The number of amides is 1. The average Bonchev–Trinajstić information content (AvgIpc) is 3.18. The Hall–Kier alpha value is -3.78. The molecule has 1 aliphatic heterocycles. The average molecular weight is 472 g/mol. The molecule has 4 aromatic rings. The number of hydrogen-bond acceptors (Lipinski definition) is 5. The molecule has 0 aliphatic carbocycles. The van der Waals surface area contributed by atoms with E-state index in [9.17, 15) is 9.59 Å². The molecule has 0 radical (unpaired) electrons. The molecule has 0 bridgehead atoms.